The van der Waals surface area contributed by atoms with Crippen molar-refractivity contribution in [3.05, 3.63) is 0 Å². The maximum Gasteiger partial charge on any atom is 0.191 e. The van der Waals surface area contributed by atoms with Crippen molar-refractivity contribution in [2.24, 2.45) is 5.92 Å². The van der Waals surface area contributed by atoms with Crippen molar-refractivity contribution >= 4 is 0 Å². The van der Waals surface area contributed by atoms with E-state index in [0.717, 1.165) is 0 Å². The highest BCUT2D eigenvalue weighted by Gasteiger charge is 2.49. The summed E-state index contributed by atoms with van der Waals surface area (Å²) in [6, 6.07) is 2.19. The molecule has 0 aromatic heterocycles. The normalized spacial score (nSPS) is 48.1. The number of nitrogens with zero attached hydrogens (tertiary/aromatic N) is 1. The van der Waals surface area contributed by atoms with Crippen molar-refractivity contribution in [3.63, 3.8) is 0 Å². The van der Waals surface area contributed by atoms with Gasteiger partial charge in [0.05, 0.1) is 25.2 Å². The molecule has 0 bridgehead atoms. The fourth-order valence-electron chi connectivity index (χ4n) is 2.11. The van der Waals surface area contributed by atoms with Crippen LogP contribution in [0.15, 0.2) is 0 Å². The molecule has 16 heavy (non-hydrogen) atoms. The lowest BCUT2D eigenvalue weighted by molar-refractivity contribution is -0.365. The number of rotatable bonds is 1. The van der Waals surface area contributed by atoms with Crippen LogP contribution in [0.25, 0.3) is 0 Å². The molecular weight excluding hydrogens is 210 g/mol. The Bertz CT molecular complexity index is 303. The van der Waals surface area contributed by atoms with Crippen LogP contribution in [-0.4, -0.2) is 44.4 Å². The van der Waals surface area contributed by atoms with Gasteiger partial charge in [-0.15, -0.1) is 0 Å². The quantitative estimate of drug-likeness (QED) is 0.659. The first kappa shape index (κ1) is 11.8. The van der Waals surface area contributed by atoms with E-state index in [1.165, 1.54) is 0 Å². The molecule has 2 aliphatic rings. The molecule has 0 saturated carbocycles. The fraction of sp³-hybridized carbons (Fsp3) is 0.909. The van der Waals surface area contributed by atoms with E-state index in [2.05, 4.69) is 6.07 Å². The molecule has 0 radical (unpaired) electrons. The summed E-state index contributed by atoms with van der Waals surface area (Å²) in [5, 5.41) is 9.03. The monoisotopic (exact) mass is 227 g/mol. The number of fused-ring (bicyclic) bond motifs is 1. The SMILES string of the molecule is COC1(C)OC2C(C#N)COCC2OC1C. The van der Waals surface area contributed by atoms with Crippen molar-refractivity contribution in [2.45, 2.75) is 37.9 Å². The summed E-state index contributed by atoms with van der Waals surface area (Å²) in [6.45, 7) is 4.61. The van der Waals surface area contributed by atoms with Crippen LogP contribution < -0.4 is 0 Å². The van der Waals surface area contributed by atoms with E-state index >= 15 is 0 Å². The lowest BCUT2D eigenvalue weighted by atomic mass is 9.95. The molecule has 2 fully saturated rings. The van der Waals surface area contributed by atoms with Gasteiger partial charge in [-0.25, -0.2) is 0 Å². The van der Waals surface area contributed by atoms with Gasteiger partial charge < -0.3 is 18.9 Å². The van der Waals surface area contributed by atoms with Crippen LogP contribution in [0.1, 0.15) is 13.8 Å². The zero-order valence-electron chi connectivity index (χ0n) is 9.80. The third kappa shape index (κ3) is 1.82. The molecule has 0 spiro atoms. The van der Waals surface area contributed by atoms with E-state index in [1.807, 2.05) is 13.8 Å². The Hall–Kier alpha value is -0.670. The van der Waals surface area contributed by atoms with Crippen LogP contribution in [-0.2, 0) is 18.9 Å². The molecule has 0 amide bonds. The molecule has 2 rings (SSSR count). The Morgan fingerprint density at radius 2 is 2.19 bits per heavy atom. The molecule has 0 N–H and O–H groups in total. The zero-order valence-corrected chi connectivity index (χ0v) is 9.80. The molecule has 0 aromatic carbocycles. The van der Waals surface area contributed by atoms with E-state index in [-0.39, 0.29) is 24.2 Å². The molecule has 5 atom stereocenters. The zero-order chi connectivity index (χ0) is 11.8. The number of hydrogen-bond donors (Lipinski definition) is 0. The summed E-state index contributed by atoms with van der Waals surface area (Å²) < 4.78 is 22.4. The smallest absolute Gasteiger partial charge is 0.191 e. The van der Waals surface area contributed by atoms with Gasteiger partial charge >= 0.3 is 0 Å². The van der Waals surface area contributed by atoms with E-state index in [4.69, 9.17) is 24.2 Å². The highest BCUT2D eigenvalue weighted by molar-refractivity contribution is 4.99. The number of methoxy groups -OCH3 is 1. The van der Waals surface area contributed by atoms with Gasteiger partial charge in [0.1, 0.15) is 18.3 Å². The molecular formula is C11H17NO4. The van der Waals surface area contributed by atoms with Gasteiger partial charge in [-0.3, -0.25) is 0 Å². The summed E-state index contributed by atoms with van der Waals surface area (Å²) in [5.74, 6) is -1.08. The van der Waals surface area contributed by atoms with Crippen LogP contribution in [0.4, 0.5) is 0 Å². The predicted octanol–water partition coefficient (Wildman–Crippen LogP) is 0.691. The minimum Gasteiger partial charge on any atom is -0.377 e. The second-order valence-corrected chi connectivity index (χ2v) is 4.39. The largest absolute Gasteiger partial charge is 0.377 e. The van der Waals surface area contributed by atoms with Crippen molar-refractivity contribution in [2.75, 3.05) is 20.3 Å². The van der Waals surface area contributed by atoms with Gasteiger partial charge in [-0.2, -0.15) is 5.26 Å². The van der Waals surface area contributed by atoms with Crippen LogP contribution in [0.2, 0.25) is 0 Å². The number of nitriles is 1. The molecule has 0 aromatic rings. The molecule has 2 saturated heterocycles. The van der Waals surface area contributed by atoms with Gasteiger partial charge in [-0.1, -0.05) is 0 Å². The van der Waals surface area contributed by atoms with E-state index in [9.17, 15) is 0 Å². The van der Waals surface area contributed by atoms with Crippen molar-refractivity contribution in [1.29, 1.82) is 5.26 Å². The molecule has 2 aliphatic heterocycles. The van der Waals surface area contributed by atoms with Gasteiger partial charge in [0.2, 0.25) is 0 Å². The first-order valence-corrected chi connectivity index (χ1v) is 5.46. The van der Waals surface area contributed by atoms with E-state index < -0.39 is 5.79 Å². The van der Waals surface area contributed by atoms with Crippen LogP contribution in [0.3, 0.4) is 0 Å². The number of ether oxygens (including phenoxy) is 4. The lowest BCUT2D eigenvalue weighted by Gasteiger charge is -2.48. The number of hydrogen-bond acceptors (Lipinski definition) is 5. The van der Waals surface area contributed by atoms with Crippen molar-refractivity contribution < 1.29 is 18.9 Å². The average Bonchev–Trinajstić information content (AvgIpc) is 2.30. The second-order valence-electron chi connectivity index (χ2n) is 4.39. The summed E-state index contributed by atoms with van der Waals surface area (Å²) in [7, 11) is 1.58. The lowest BCUT2D eigenvalue weighted by Crippen LogP contribution is -2.61. The summed E-state index contributed by atoms with van der Waals surface area (Å²) >= 11 is 0. The maximum atomic E-state index is 9.03. The highest BCUT2D eigenvalue weighted by Crippen LogP contribution is 2.35. The van der Waals surface area contributed by atoms with Crippen molar-refractivity contribution in [1.82, 2.24) is 0 Å². The molecule has 0 aliphatic carbocycles. The first-order valence-electron chi connectivity index (χ1n) is 5.46. The molecule has 5 heteroatoms. The van der Waals surface area contributed by atoms with Gasteiger partial charge in [-0.05, 0) is 13.8 Å². The second kappa shape index (κ2) is 4.30. The highest BCUT2D eigenvalue weighted by atomic mass is 16.7. The minimum absolute atomic E-state index is 0.170. The van der Waals surface area contributed by atoms with Crippen LogP contribution >= 0.6 is 0 Å². The summed E-state index contributed by atoms with van der Waals surface area (Å²) in [4.78, 5) is 0. The Balaban J connectivity index is 2.17. The summed E-state index contributed by atoms with van der Waals surface area (Å²) in [6.07, 6.45) is -0.615. The van der Waals surface area contributed by atoms with Crippen LogP contribution in [0.5, 0.6) is 0 Å². The van der Waals surface area contributed by atoms with Gasteiger partial charge in [0.15, 0.2) is 5.79 Å². The molecule has 5 nitrogen and oxygen atoms in total. The Labute approximate surface area is 95.2 Å². The van der Waals surface area contributed by atoms with E-state index in [1.54, 1.807) is 7.11 Å². The first-order chi connectivity index (χ1) is 7.60. The Morgan fingerprint density at radius 3 is 2.81 bits per heavy atom. The minimum atomic E-state index is -0.784. The van der Waals surface area contributed by atoms with Crippen molar-refractivity contribution in [3.8, 4) is 6.07 Å². The Kier molecular flexibility index (Phi) is 3.17. The van der Waals surface area contributed by atoms with Crippen LogP contribution in [0, 0.1) is 17.2 Å². The maximum absolute atomic E-state index is 9.03. The van der Waals surface area contributed by atoms with E-state index in [0.29, 0.717) is 13.2 Å². The van der Waals surface area contributed by atoms with Gasteiger partial charge in [0.25, 0.3) is 0 Å². The standard InChI is InChI=1S/C11H17NO4/c1-7-11(2,13-3)16-10-8(4-12)5-14-6-9(10)15-7/h7-10H,5-6H2,1-3H3. The Morgan fingerprint density at radius 1 is 1.44 bits per heavy atom. The predicted molar refractivity (Wildman–Crippen MR) is 54.5 cm³/mol. The third-order valence-corrected chi connectivity index (χ3v) is 3.40. The molecule has 5 unspecified atom stereocenters. The summed E-state index contributed by atoms with van der Waals surface area (Å²) in [5.41, 5.74) is 0. The average molecular weight is 227 g/mol. The molecule has 2 heterocycles. The topological polar surface area (TPSA) is 60.7 Å². The third-order valence-electron chi connectivity index (χ3n) is 3.40. The van der Waals surface area contributed by atoms with Gasteiger partial charge in [0, 0.05) is 7.11 Å². The molecule has 90 valence electrons. The fourth-order valence-corrected chi connectivity index (χ4v) is 2.11.